The molecule has 0 amide bonds. The highest BCUT2D eigenvalue weighted by Gasteiger charge is 2.26. The van der Waals surface area contributed by atoms with E-state index in [2.05, 4.69) is 14.9 Å². The number of aromatic amines is 1. The van der Waals surface area contributed by atoms with Gasteiger partial charge in [0.05, 0.1) is 0 Å². The van der Waals surface area contributed by atoms with Gasteiger partial charge in [-0.3, -0.25) is 4.79 Å². The standard InChI is InChI=1S/C10H14ClN3O/c11-4-3-8-2-1-7-14(8)9-10(15)13-6-5-12-9/h5-6,8H,1-4,7H2,(H,13,15). The molecule has 1 aromatic rings. The molecular weight excluding hydrogens is 214 g/mol. The largest absolute Gasteiger partial charge is 0.349 e. The maximum Gasteiger partial charge on any atom is 0.290 e. The number of H-pyrrole nitrogens is 1. The molecule has 4 nitrogen and oxygen atoms in total. The molecule has 1 saturated heterocycles. The van der Waals surface area contributed by atoms with E-state index < -0.39 is 0 Å². The highest BCUT2D eigenvalue weighted by atomic mass is 35.5. The fraction of sp³-hybridized carbons (Fsp3) is 0.600. The molecule has 82 valence electrons. The lowest BCUT2D eigenvalue weighted by Gasteiger charge is -2.23. The Morgan fingerprint density at radius 1 is 1.67 bits per heavy atom. The summed E-state index contributed by atoms with van der Waals surface area (Å²) < 4.78 is 0. The summed E-state index contributed by atoms with van der Waals surface area (Å²) >= 11 is 5.74. The number of anilines is 1. The summed E-state index contributed by atoms with van der Waals surface area (Å²) in [7, 11) is 0. The number of rotatable bonds is 3. The second-order valence-corrected chi connectivity index (χ2v) is 4.09. The van der Waals surface area contributed by atoms with Crippen molar-refractivity contribution in [2.45, 2.75) is 25.3 Å². The van der Waals surface area contributed by atoms with Gasteiger partial charge >= 0.3 is 0 Å². The average Bonchev–Trinajstić information content (AvgIpc) is 2.67. The van der Waals surface area contributed by atoms with Gasteiger partial charge in [0.1, 0.15) is 0 Å². The minimum Gasteiger partial charge on any atom is -0.349 e. The Kier molecular flexibility index (Phi) is 3.26. The monoisotopic (exact) mass is 227 g/mol. The van der Waals surface area contributed by atoms with E-state index in [0.29, 0.717) is 17.7 Å². The third-order valence-corrected chi connectivity index (χ3v) is 3.00. The first-order valence-corrected chi connectivity index (χ1v) is 5.72. The zero-order valence-electron chi connectivity index (χ0n) is 8.45. The fourth-order valence-corrected chi connectivity index (χ4v) is 2.34. The number of halogens is 1. The third-order valence-electron chi connectivity index (χ3n) is 2.78. The van der Waals surface area contributed by atoms with Crippen molar-refractivity contribution in [2.24, 2.45) is 0 Å². The van der Waals surface area contributed by atoms with Gasteiger partial charge in [0.2, 0.25) is 0 Å². The Labute approximate surface area is 93.3 Å². The lowest BCUT2D eigenvalue weighted by Crippen LogP contribution is -2.34. The van der Waals surface area contributed by atoms with E-state index in [9.17, 15) is 4.79 Å². The van der Waals surface area contributed by atoms with Crippen molar-refractivity contribution in [1.29, 1.82) is 0 Å². The number of hydrogen-bond acceptors (Lipinski definition) is 3. The van der Waals surface area contributed by atoms with E-state index in [-0.39, 0.29) is 5.56 Å². The minimum absolute atomic E-state index is 0.112. The van der Waals surface area contributed by atoms with Crippen molar-refractivity contribution < 1.29 is 0 Å². The van der Waals surface area contributed by atoms with Gasteiger partial charge in [-0.2, -0.15) is 0 Å². The van der Waals surface area contributed by atoms with Crippen LogP contribution in [0.5, 0.6) is 0 Å². The van der Waals surface area contributed by atoms with E-state index in [1.165, 1.54) is 0 Å². The van der Waals surface area contributed by atoms with Crippen molar-refractivity contribution in [1.82, 2.24) is 9.97 Å². The first kappa shape index (κ1) is 10.5. The molecule has 1 aromatic heterocycles. The Balaban J connectivity index is 2.23. The number of aromatic nitrogens is 2. The van der Waals surface area contributed by atoms with Gasteiger partial charge in [0.25, 0.3) is 5.56 Å². The van der Waals surface area contributed by atoms with Crippen LogP contribution in [0.4, 0.5) is 5.82 Å². The maximum absolute atomic E-state index is 11.6. The molecule has 15 heavy (non-hydrogen) atoms. The topological polar surface area (TPSA) is 49.0 Å². The van der Waals surface area contributed by atoms with Crippen molar-refractivity contribution in [2.75, 3.05) is 17.3 Å². The van der Waals surface area contributed by atoms with Crippen LogP contribution in [0.15, 0.2) is 17.2 Å². The minimum atomic E-state index is -0.112. The van der Waals surface area contributed by atoms with Crippen molar-refractivity contribution in [3.8, 4) is 0 Å². The van der Waals surface area contributed by atoms with Gasteiger partial charge in [0, 0.05) is 30.9 Å². The zero-order chi connectivity index (χ0) is 10.7. The van der Waals surface area contributed by atoms with Crippen molar-refractivity contribution >= 4 is 17.4 Å². The molecule has 1 atom stereocenters. The van der Waals surface area contributed by atoms with Crippen molar-refractivity contribution in [3.63, 3.8) is 0 Å². The first-order chi connectivity index (χ1) is 7.33. The molecule has 1 unspecified atom stereocenters. The predicted molar refractivity (Wildman–Crippen MR) is 60.6 cm³/mol. The molecule has 0 bridgehead atoms. The Morgan fingerprint density at radius 3 is 3.27 bits per heavy atom. The highest BCUT2D eigenvalue weighted by Crippen LogP contribution is 2.23. The van der Waals surface area contributed by atoms with Crippen LogP contribution in [0, 0.1) is 0 Å². The van der Waals surface area contributed by atoms with E-state index in [1.807, 2.05) is 0 Å². The number of alkyl halides is 1. The second kappa shape index (κ2) is 4.66. The lowest BCUT2D eigenvalue weighted by molar-refractivity contribution is 0.641. The molecule has 0 aliphatic carbocycles. The predicted octanol–water partition coefficient (Wildman–Crippen LogP) is 1.37. The van der Waals surface area contributed by atoms with E-state index in [4.69, 9.17) is 11.6 Å². The van der Waals surface area contributed by atoms with Crippen LogP contribution in [0.2, 0.25) is 0 Å². The van der Waals surface area contributed by atoms with Gasteiger partial charge in [0.15, 0.2) is 5.82 Å². The number of hydrogen-bond donors (Lipinski definition) is 1. The highest BCUT2D eigenvalue weighted by molar-refractivity contribution is 6.17. The second-order valence-electron chi connectivity index (χ2n) is 3.71. The molecule has 0 radical (unpaired) electrons. The SMILES string of the molecule is O=c1[nH]ccnc1N1CCCC1CCCl. The molecule has 2 heterocycles. The smallest absolute Gasteiger partial charge is 0.290 e. The maximum atomic E-state index is 11.6. The van der Waals surface area contributed by atoms with Gasteiger partial charge in [-0.1, -0.05) is 0 Å². The number of nitrogens with zero attached hydrogens (tertiary/aromatic N) is 2. The van der Waals surface area contributed by atoms with Crippen LogP contribution in [-0.4, -0.2) is 28.4 Å². The normalized spacial score (nSPS) is 20.9. The Morgan fingerprint density at radius 2 is 2.53 bits per heavy atom. The summed E-state index contributed by atoms with van der Waals surface area (Å²) in [6.45, 7) is 0.904. The zero-order valence-corrected chi connectivity index (χ0v) is 9.20. The Bertz CT molecular complexity index is 379. The van der Waals surface area contributed by atoms with Gasteiger partial charge in [-0.05, 0) is 19.3 Å². The van der Waals surface area contributed by atoms with Crippen LogP contribution in [0.3, 0.4) is 0 Å². The van der Waals surface area contributed by atoms with Crippen LogP contribution in [-0.2, 0) is 0 Å². The van der Waals surface area contributed by atoms with Crippen LogP contribution in [0.25, 0.3) is 0 Å². The van der Waals surface area contributed by atoms with E-state index >= 15 is 0 Å². The molecule has 1 fully saturated rings. The molecule has 0 saturated carbocycles. The number of nitrogens with one attached hydrogen (secondary N) is 1. The average molecular weight is 228 g/mol. The van der Waals surface area contributed by atoms with Gasteiger partial charge < -0.3 is 9.88 Å². The van der Waals surface area contributed by atoms with Crippen LogP contribution < -0.4 is 10.5 Å². The van der Waals surface area contributed by atoms with Gasteiger partial charge in [-0.25, -0.2) is 4.98 Å². The van der Waals surface area contributed by atoms with Gasteiger partial charge in [-0.15, -0.1) is 11.6 Å². The molecule has 5 heteroatoms. The summed E-state index contributed by atoms with van der Waals surface area (Å²) in [5.74, 6) is 1.16. The molecule has 1 aliphatic heterocycles. The summed E-state index contributed by atoms with van der Waals surface area (Å²) in [5, 5.41) is 0. The molecule has 1 aliphatic rings. The van der Waals surface area contributed by atoms with E-state index in [1.54, 1.807) is 12.4 Å². The quantitative estimate of drug-likeness (QED) is 0.794. The van der Waals surface area contributed by atoms with E-state index in [0.717, 1.165) is 25.8 Å². The fourth-order valence-electron chi connectivity index (χ4n) is 2.09. The summed E-state index contributed by atoms with van der Waals surface area (Å²) in [6.07, 6.45) is 6.29. The Hall–Kier alpha value is -1.03. The first-order valence-electron chi connectivity index (χ1n) is 5.19. The molecule has 0 aromatic carbocycles. The van der Waals surface area contributed by atoms with Crippen LogP contribution >= 0.6 is 11.6 Å². The molecule has 0 spiro atoms. The van der Waals surface area contributed by atoms with Crippen LogP contribution in [0.1, 0.15) is 19.3 Å². The van der Waals surface area contributed by atoms with Crippen molar-refractivity contribution in [3.05, 3.63) is 22.7 Å². The third kappa shape index (κ3) is 2.15. The summed E-state index contributed by atoms with van der Waals surface area (Å²) in [4.78, 5) is 20.4. The lowest BCUT2D eigenvalue weighted by atomic mass is 10.2. The molecule has 2 rings (SSSR count). The summed E-state index contributed by atoms with van der Waals surface area (Å²) in [5.41, 5.74) is -0.112. The summed E-state index contributed by atoms with van der Waals surface area (Å²) in [6, 6.07) is 0.374. The molecular formula is C10H14ClN3O. The molecule has 1 N–H and O–H groups in total.